The van der Waals surface area contributed by atoms with Crippen LogP contribution in [0.1, 0.15) is 29.7 Å². The Labute approximate surface area is 196 Å². The molecule has 2 aliphatic heterocycles. The minimum absolute atomic E-state index is 0.00796. The molecule has 0 bridgehead atoms. The third-order valence-electron chi connectivity index (χ3n) is 6.14. The molecule has 0 saturated carbocycles. The van der Waals surface area contributed by atoms with Gasteiger partial charge < -0.3 is 19.3 Å². The monoisotopic (exact) mass is 457 g/mol. The number of carbonyl (C=O) groups excluding carboxylic acids is 2. The third-order valence-corrected chi connectivity index (χ3v) is 6.14. The number of hydrogen-bond acceptors (Lipinski definition) is 6. The highest BCUT2D eigenvalue weighted by Gasteiger charge is 2.47. The van der Waals surface area contributed by atoms with Gasteiger partial charge in [-0.05, 0) is 60.0 Å². The summed E-state index contributed by atoms with van der Waals surface area (Å²) in [4.78, 5) is 28.0. The highest BCUT2D eigenvalue weighted by Crippen LogP contribution is 2.43. The van der Waals surface area contributed by atoms with Crippen molar-refractivity contribution in [1.29, 1.82) is 0 Å². The number of anilines is 1. The average Bonchev–Trinajstić information content (AvgIpc) is 3.45. The summed E-state index contributed by atoms with van der Waals surface area (Å²) in [5, 5.41) is 11.3. The molecule has 1 N–H and O–H groups in total. The Balaban J connectivity index is 1.67. The van der Waals surface area contributed by atoms with Crippen LogP contribution in [-0.2, 0) is 16.0 Å². The summed E-state index contributed by atoms with van der Waals surface area (Å²) in [5.41, 5.74) is 2.73. The Bertz CT molecular complexity index is 1290. The summed E-state index contributed by atoms with van der Waals surface area (Å²) in [6, 6.07) is 18.7. The predicted octanol–water partition coefficient (Wildman–Crippen LogP) is 4.61. The summed E-state index contributed by atoms with van der Waals surface area (Å²) < 4.78 is 16.0. The molecule has 3 aromatic rings. The van der Waals surface area contributed by atoms with Crippen molar-refractivity contribution in [2.75, 3.05) is 18.8 Å². The largest absolute Gasteiger partial charge is 0.507 e. The topological polar surface area (TPSA) is 85.3 Å². The van der Waals surface area contributed by atoms with Crippen molar-refractivity contribution in [1.82, 2.24) is 0 Å². The van der Waals surface area contributed by atoms with Gasteiger partial charge in [0.15, 0.2) is 11.5 Å². The van der Waals surface area contributed by atoms with E-state index in [0.29, 0.717) is 34.1 Å². The average molecular weight is 457 g/mol. The van der Waals surface area contributed by atoms with Gasteiger partial charge in [-0.3, -0.25) is 14.5 Å². The van der Waals surface area contributed by atoms with Crippen LogP contribution in [0.2, 0.25) is 0 Å². The van der Waals surface area contributed by atoms with E-state index in [9.17, 15) is 14.7 Å². The predicted molar refractivity (Wildman–Crippen MR) is 126 cm³/mol. The number of nitrogens with zero attached hydrogens (tertiary/aromatic N) is 1. The molecule has 0 aromatic heterocycles. The van der Waals surface area contributed by atoms with Crippen molar-refractivity contribution < 1.29 is 28.9 Å². The van der Waals surface area contributed by atoms with Crippen LogP contribution in [0.5, 0.6) is 17.2 Å². The first-order valence-corrected chi connectivity index (χ1v) is 11.0. The zero-order chi connectivity index (χ0) is 23.8. The Kier molecular flexibility index (Phi) is 5.45. The molecule has 5 rings (SSSR count). The normalized spacial score (nSPS) is 18.4. The van der Waals surface area contributed by atoms with Gasteiger partial charge in [0, 0.05) is 11.3 Å². The lowest BCUT2D eigenvalue weighted by atomic mass is 9.95. The van der Waals surface area contributed by atoms with E-state index in [-0.39, 0.29) is 18.1 Å². The Morgan fingerprint density at radius 3 is 2.38 bits per heavy atom. The summed E-state index contributed by atoms with van der Waals surface area (Å²) in [5.74, 6) is -0.0639. The molecule has 2 heterocycles. The fourth-order valence-electron chi connectivity index (χ4n) is 4.29. The maximum absolute atomic E-state index is 13.3. The fraction of sp³-hybridized carbons (Fsp3) is 0.185. The van der Waals surface area contributed by atoms with Crippen LogP contribution in [0.3, 0.4) is 0 Å². The van der Waals surface area contributed by atoms with E-state index in [1.807, 2.05) is 31.2 Å². The minimum Gasteiger partial charge on any atom is -0.507 e. The first kappa shape index (κ1) is 21.6. The lowest BCUT2D eigenvalue weighted by molar-refractivity contribution is -0.132. The van der Waals surface area contributed by atoms with Crippen molar-refractivity contribution in [2.24, 2.45) is 0 Å². The zero-order valence-electron chi connectivity index (χ0n) is 18.8. The Morgan fingerprint density at radius 2 is 1.71 bits per heavy atom. The number of fused-ring (bicyclic) bond motifs is 1. The number of benzene rings is 3. The molecule has 7 nitrogen and oxygen atoms in total. The van der Waals surface area contributed by atoms with Crippen LogP contribution in [0, 0.1) is 0 Å². The maximum Gasteiger partial charge on any atom is 0.300 e. The highest BCUT2D eigenvalue weighted by atomic mass is 16.7. The van der Waals surface area contributed by atoms with E-state index in [1.54, 1.807) is 49.6 Å². The van der Waals surface area contributed by atoms with Gasteiger partial charge in [0.25, 0.3) is 11.7 Å². The number of methoxy groups -OCH3 is 1. The molecule has 1 amide bonds. The third kappa shape index (κ3) is 3.55. The number of hydrogen-bond donors (Lipinski definition) is 1. The van der Waals surface area contributed by atoms with E-state index < -0.39 is 17.7 Å². The molecular formula is C27H23NO6. The molecule has 1 atom stereocenters. The van der Waals surface area contributed by atoms with Gasteiger partial charge in [-0.25, -0.2) is 0 Å². The van der Waals surface area contributed by atoms with Gasteiger partial charge in [0.1, 0.15) is 11.5 Å². The van der Waals surface area contributed by atoms with Crippen molar-refractivity contribution in [3.63, 3.8) is 0 Å². The Morgan fingerprint density at radius 1 is 1.00 bits per heavy atom. The summed E-state index contributed by atoms with van der Waals surface area (Å²) in [6.45, 7) is 2.13. The smallest absolute Gasteiger partial charge is 0.300 e. The van der Waals surface area contributed by atoms with Crippen molar-refractivity contribution in [3.8, 4) is 17.2 Å². The molecular weight excluding hydrogens is 434 g/mol. The number of carbonyl (C=O) groups is 2. The standard InChI is InChI=1S/C27H23NO6/c1-3-16-4-9-19(10-5-16)28-24(17-6-11-20(32-2)12-7-17)23(26(30)27(28)31)25(29)18-8-13-21-22(14-18)34-15-33-21/h4-14,24,29H,3,15H2,1-2H3/b25-23-. The molecule has 7 heteroatoms. The number of aryl methyl sites for hydroxylation is 1. The van der Waals surface area contributed by atoms with Crippen LogP contribution in [0.4, 0.5) is 5.69 Å². The number of aliphatic hydroxyl groups is 1. The quantitative estimate of drug-likeness (QED) is 0.342. The second-order valence-electron chi connectivity index (χ2n) is 8.03. The fourth-order valence-corrected chi connectivity index (χ4v) is 4.29. The van der Waals surface area contributed by atoms with Crippen LogP contribution < -0.4 is 19.1 Å². The molecule has 0 spiro atoms. The zero-order valence-corrected chi connectivity index (χ0v) is 18.8. The first-order valence-electron chi connectivity index (χ1n) is 11.0. The van der Waals surface area contributed by atoms with Crippen molar-refractivity contribution >= 4 is 23.1 Å². The van der Waals surface area contributed by atoms with Crippen LogP contribution in [0.25, 0.3) is 5.76 Å². The lowest BCUT2D eigenvalue weighted by Crippen LogP contribution is -2.29. The van der Waals surface area contributed by atoms with E-state index in [2.05, 4.69) is 0 Å². The van der Waals surface area contributed by atoms with Gasteiger partial charge in [-0.15, -0.1) is 0 Å². The molecule has 3 aromatic carbocycles. The first-order chi connectivity index (χ1) is 16.5. The van der Waals surface area contributed by atoms with Gasteiger partial charge in [-0.2, -0.15) is 0 Å². The SMILES string of the molecule is CCc1ccc(N2C(=O)C(=O)/C(=C(\O)c3ccc4c(c3)OCO4)C2c2ccc(OC)cc2)cc1. The van der Waals surface area contributed by atoms with Crippen LogP contribution in [-0.4, -0.2) is 30.7 Å². The molecule has 2 aliphatic rings. The summed E-state index contributed by atoms with van der Waals surface area (Å²) in [6.07, 6.45) is 0.852. The van der Waals surface area contributed by atoms with Crippen LogP contribution in [0.15, 0.2) is 72.3 Å². The molecule has 1 saturated heterocycles. The molecule has 34 heavy (non-hydrogen) atoms. The molecule has 172 valence electrons. The second kappa shape index (κ2) is 8.59. The minimum atomic E-state index is -0.816. The molecule has 1 unspecified atom stereocenters. The van der Waals surface area contributed by atoms with Crippen molar-refractivity contribution in [2.45, 2.75) is 19.4 Å². The van der Waals surface area contributed by atoms with E-state index in [4.69, 9.17) is 14.2 Å². The number of ether oxygens (including phenoxy) is 3. The summed E-state index contributed by atoms with van der Waals surface area (Å²) in [7, 11) is 1.57. The molecule has 0 aliphatic carbocycles. The number of ketones is 1. The number of amides is 1. The van der Waals surface area contributed by atoms with Gasteiger partial charge in [0.05, 0.1) is 18.7 Å². The second-order valence-corrected chi connectivity index (χ2v) is 8.03. The van der Waals surface area contributed by atoms with Gasteiger partial charge in [0.2, 0.25) is 6.79 Å². The van der Waals surface area contributed by atoms with E-state index in [1.165, 1.54) is 4.90 Å². The van der Waals surface area contributed by atoms with Crippen LogP contribution >= 0.6 is 0 Å². The highest BCUT2D eigenvalue weighted by molar-refractivity contribution is 6.51. The molecule has 0 radical (unpaired) electrons. The summed E-state index contributed by atoms with van der Waals surface area (Å²) >= 11 is 0. The number of rotatable bonds is 5. The van der Waals surface area contributed by atoms with E-state index in [0.717, 1.165) is 12.0 Å². The van der Waals surface area contributed by atoms with Crippen molar-refractivity contribution in [3.05, 3.63) is 89.0 Å². The number of aliphatic hydroxyl groups excluding tert-OH is 1. The van der Waals surface area contributed by atoms with Gasteiger partial charge in [-0.1, -0.05) is 31.2 Å². The number of Topliss-reactive ketones (excluding diaryl/α,β-unsaturated/α-hetero) is 1. The lowest BCUT2D eigenvalue weighted by Gasteiger charge is -2.25. The maximum atomic E-state index is 13.3. The van der Waals surface area contributed by atoms with Gasteiger partial charge >= 0.3 is 0 Å². The Hall–Kier alpha value is -4.26. The molecule has 1 fully saturated rings. The van der Waals surface area contributed by atoms with E-state index >= 15 is 0 Å².